The van der Waals surface area contributed by atoms with E-state index in [9.17, 15) is 0 Å². The molecular formula is C16H22N2O. The molecule has 0 atom stereocenters. The van der Waals surface area contributed by atoms with E-state index in [4.69, 9.17) is 10.5 Å². The molecule has 1 aromatic heterocycles. The van der Waals surface area contributed by atoms with Crippen molar-refractivity contribution in [2.75, 3.05) is 19.8 Å². The molecule has 0 amide bonds. The van der Waals surface area contributed by atoms with Gasteiger partial charge in [0.1, 0.15) is 0 Å². The number of hydrogen-bond donors (Lipinski definition) is 2. The largest absolute Gasteiger partial charge is 0.379 e. The summed E-state index contributed by atoms with van der Waals surface area (Å²) in [5, 5.41) is 1.32. The van der Waals surface area contributed by atoms with Crippen molar-refractivity contribution in [1.82, 2.24) is 4.98 Å². The number of aromatic amines is 1. The molecule has 0 unspecified atom stereocenters. The molecule has 1 saturated heterocycles. The summed E-state index contributed by atoms with van der Waals surface area (Å²) in [6.45, 7) is 6.79. The summed E-state index contributed by atoms with van der Waals surface area (Å²) in [5.74, 6) is 0. The molecule has 19 heavy (non-hydrogen) atoms. The van der Waals surface area contributed by atoms with Gasteiger partial charge in [0.25, 0.3) is 0 Å². The van der Waals surface area contributed by atoms with Crippen molar-refractivity contribution in [3.63, 3.8) is 0 Å². The second kappa shape index (κ2) is 4.36. The molecule has 1 aliphatic rings. The van der Waals surface area contributed by atoms with E-state index >= 15 is 0 Å². The van der Waals surface area contributed by atoms with Gasteiger partial charge in [-0.15, -0.1) is 0 Å². The van der Waals surface area contributed by atoms with Crippen molar-refractivity contribution in [1.29, 1.82) is 0 Å². The van der Waals surface area contributed by atoms with Crippen LogP contribution in [-0.4, -0.2) is 24.7 Å². The Hall–Kier alpha value is -1.32. The molecule has 2 aromatic rings. The summed E-state index contributed by atoms with van der Waals surface area (Å²) in [5.41, 5.74) is 8.77. The number of aromatic nitrogens is 1. The normalized spacial score (nSPS) is 18.5. The minimum Gasteiger partial charge on any atom is -0.379 e. The van der Waals surface area contributed by atoms with Crippen molar-refractivity contribution < 1.29 is 4.74 Å². The predicted octanol–water partition coefficient (Wildman–Crippen LogP) is 2.81. The number of rotatable bonds is 4. The molecule has 0 bridgehead atoms. The van der Waals surface area contributed by atoms with E-state index in [0.29, 0.717) is 6.54 Å². The number of ether oxygens (including phenoxy) is 1. The zero-order chi connectivity index (χ0) is 13.5. The number of nitrogens with one attached hydrogen (secondary N) is 1. The van der Waals surface area contributed by atoms with E-state index in [2.05, 4.69) is 49.3 Å². The molecular weight excluding hydrogens is 236 g/mol. The van der Waals surface area contributed by atoms with E-state index in [1.54, 1.807) is 0 Å². The fourth-order valence-electron chi connectivity index (χ4n) is 3.20. The van der Waals surface area contributed by atoms with Gasteiger partial charge < -0.3 is 15.5 Å². The first kappa shape index (κ1) is 12.7. The first-order chi connectivity index (χ1) is 9.06. The molecule has 2 heterocycles. The van der Waals surface area contributed by atoms with Gasteiger partial charge >= 0.3 is 0 Å². The van der Waals surface area contributed by atoms with Gasteiger partial charge in [-0.05, 0) is 30.0 Å². The van der Waals surface area contributed by atoms with Crippen molar-refractivity contribution in [2.45, 2.75) is 25.7 Å². The Balaban J connectivity index is 2.02. The van der Waals surface area contributed by atoms with Crippen LogP contribution in [0.5, 0.6) is 0 Å². The van der Waals surface area contributed by atoms with Crippen LogP contribution in [0.25, 0.3) is 10.9 Å². The van der Waals surface area contributed by atoms with E-state index < -0.39 is 0 Å². The fourth-order valence-corrected chi connectivity index (χ4v) is 3.20. The molecule has 3 nitrogen and oxygen atoms in total. The Bertz CT molecular complexity index is 581. The average Bonchev–Trinajstić information content (AvgIpc) is 2.78. The molecule has 3 N–H and O–H groups in total. The van der Waals surface area contributed by atoms with Crippen LogP contribution in [0.15, 0.2) is 30.5 Å². The van der Waals surface area contributed by atoms with Crippen LogP contribution in [0.4, 0.5) is 0 Å². The first-order valence-corrected chi connectivity index (χ1v) is 6.91. The summed E-state index contributed by atoms with van der Waals surface area (Å²) < 4.78 is 5.55. The van der Waals surface area contributed by atoms with Gasteiger partial charge in [0.05, 0.1) is 13.2 Å². The maximum Gasteiger partial charge on any atom is 0.0586 e. The van der Waals surface area contributed by atoms with E-state index in [0.717, 1.165) is 19.6 Å². The van der Waals surface area contributed by atoms with Crippen LogP contribution >= 0.6 is 0 Å². The fraction of sp³-hybridized carbons (Fsp3) is 0.500. The SMILES string of the molecule is CC(C)(CN)CC1(c2c[nH]c3ccccc23)COC1. The van der Waals surface area contributed by atoms with Gasteiger partial charge in [-0.25, -0.2) is 0 Å². The van der Waals surface area contributed by atoms with Crippen LogP contribution < -0.4 is 5.73 Å². The minimum absolute atomic E-state index is 0.127. The molecule has 3 heteroatoms. The van der Waals surface area contributed by atoms with Gasteiger partial charge in [0.2, 0.25) is 0 Å². The van der Waals surface area contributed by atoms with Gasteiger partial charge in [0, 0.05) is 22.5 Å². The van der Waals surface area contributed by atoms with Crippen LogP contribution in [0, 0.1) is 5.41 Å². The van der Waals surface area contributed by atoms with Crippen molar-refractivity contribution >= 4 is 10.9 Å². The maximum atomic E-state index is 5.91. The molecule has 0 spiro atoms. The molecule has 102 valence electrons. The highest BCUT2D eigenvalue weighted by Gasteiger charge is 2.45. The number of fused-ring (bicyclic) bond motifs is 1. The molecule has 1 aromatic carbocycles. The summed E-state index contributed by atoms with van der Waals surface area (Å²) in [4.78, 5) is 3.38. The highest BCUT2D eigenvalue weighted by Crippen LogP contribution is 2.44. The molecule has 1 fully saturated rings. The Morgan fingerprint density at radius 3 is 2.68 bits per heavy atom. The number of nitrogens with two attached hydrogens (primary N) is 1. The molecule has 0 aliphatic carbocycles. The summed E-state index contributed by atoms with van der Waals surface area (Å²) >= 11 is 0. The third kappa shape index (κ3) is 2.07. The Kier molecular flexibility index (Phi) is 2.91. The highest BCUT2D eigenvalue weighted by atomic mass is 16.5. The summed E-state index contributed by atoms with van der Waals surface area (Å²) in [7, 11) is 0. The number of H-pyrrole nitrogens is 1. The van der Waals surface area contributed by atoms with Gasteiger partial charge in [-0.3, -0.25) is 0 Å². The lowest BCUT2D eigenvalue weighted by Crippen LogP contribution is -2.50. The molecule has 0 saturated carbocycles. The lowest BCUT2D eigenvalue weighted by atomic mass is 9.67. The van der Waals surface area contributed by atoms with Crippen molar-refractivity contribution in [3.8, 4) is 0 Å². The molecule has 1 aliphatic heterocycles. The Morgan fingerprint density at radius 1 is 1.32 bits per heavy atom. The molecule has 3 rings (SSSR count). The number of hydrogen-bond acceptors (Lipinski definition) is 2. The minimum atomic E-state index is 0.127. The van der Waals surface area contributed by atoms with E-state index in [1.807, 2.05) is 0 Å². The van der Waals surface area contributed by atoms with Crippen LogP contribution in [0.2, 0.25) is 0 Å². The quantitative estimate of drug-likeness (QED) is 0.886. The van der Waals surface area contributed by atoms with Gasteiger partial charge in [-0.2, -0.15) is 0 Å². The standard InChI is InChI=1S/C16H22N2O/c1-15(2,9-17)8-16(10-19-11-16)13-7-18-14-6-4-3-5-12(13)14/h3-7,18H,8-11,17H2,1-2H3. The number of para-hydroxylation sites is 1. The summed E-state index contributed by atoms with van der Waals surface area (Å²) in [6.07, 6.45) is 3.22. The van der Waals surface area contributed by atoms with Crippen LogP contribution in [0.3, 0.4) is 0 Å². The predicted molar refractivity (Wildman–Crippen MR) is 78.2 cm³/mol. The zero-order valence-electron chi connectivity index (χ0n) is 11.7. The van der Waals surface area contributed by atoms with Gasteiger partial charge in [0.15, 0.2) is 0 Å². The Labute approximate surface area is 114 Å². The monoisotopic (exact) mass is 258 g/mol. The zero-order valence-corrected chi connectivity index (χ0v) is 11.7. The lowest BCUT2D eigenvalue weighted by Gasteiger charge is -2.46. The van der Waals surface area contributed by atoms with Crippen LogP contribution in [-0.2, 0) is 10.2 Å². The Morgan fingerprint density at radius 2 is 2.05 bits per heavy atom. The highest BCUT2D eigenvalue weighted by molar-refractivity contribution is 5.84. The topological polar surface area (TPSA) is 51.0 Å². The van der Waals surface area contributed by atoms with Crippen molar-refractivity contribution in [3.05, 3.63) is 36.0 Å². The third-order valence-corrected chi connectivity index (χ3v) is 4.29. The molecule has 0 radical (unpaired) electrons. The summed E-state index contributed by atoms with van der Waals surface area (Å²) in [6, 6.07) is 8.48. The second-order valence-corrected chi connectivity index (χ2v) is 6.57. The lowest BCUT2D eigenvalue weighted by molar-refractivity contribution is -0.0778. The van der Waals surface area contributed by atoms with E-state index in [1.165, 1.54) is 16.5 Å². The van der Waals surface area contributed by atoms with Crippen molar-refractivity contribution in [2.24, 2.45) is 11.1 Å². The van der Waals surface area contributed by atoms with Gasteiger partial charge in [-0.1, -0.05) is 32.0 Å². The smallest absolute Gasteiger partial charge is 0.0586 e. The first-order valence-electron chi connectivity index (χ1n) is 6.91. The second-order valence-electron chi connectivity index (χ2n) is 6.57. The van der Waals surface area contributed by atoms with E-state index in [-0.39, 0.29) is 10.8 Å². The third-order valence-electron chi connectivity index (χ3n) is 4.29. The number of benzene rings is 1. The van der Waals surface area contributed by atoms with Crippen LogP contribution in [0.1, 0.15) is 25.8 Å². The maximum absolute atomic E-state index is 5.91. The average molecular weight is 258 g/mol.